The van der Waals surface area contributed by atoms with Crippen LogP contribution in [0.15, 0.2) is 82.2 Å². The number of fused-ring (bicyclic) bond motifs is 2. The molecule has 0 unspecified atom stereocenters. The van der Waals surface area contributed by atoms with Crippen LogP contribution in [0.1, 0.15) is 15.9 Å². The van der Waals surface area contributed by atoms with Crippen molar-refractivity contribution < 1.29 is 9.21 Å². The predicted molar refractivity (Wildman–Crippen MR) is 120 cm³/mol. The molecule has 6 heteroatoms. The van der Waals surface area contributed by atoms with E-state index >= 15 is 0 Å². The topological polar surface area (TPSA) is 72.2 Å². The van der Waals surface area contributed by atoms with Crippen molar-refractivity contribution in [2.75, 3.05) is 5.32 Å². The fraction of sp³-hybridized carbons (Fsp3) is 0.0417. The van der Waals surface area contributed by atoms with Gasteiger partial charge in [0.05, 0.1) is 15.6 Å². The molecule has 146 valence electrons. The molecule has 0 aliphatic heterocycles. The van der Waals surface area contributed by atoms with E-state index in [1.165, 1.54) is 11.8 Å². The Labute approximate surface area is 175 Å². The highest BCUT2D eigenvalue weighted by Gasteiger charge is 2.15. The average Bonchev–Trinajstić information content (AvgIpc) is 3.18. The smallest absolute Gasteiger partial charge is 0.262 e. The van der Waals surface area contributed by atoms with E-state index in [-0.39, 0.29) is 11.0 Å². The van der Waals surface area contributed by atoms with Crippen LogP contribution in [0, 0.1) is 6.92 Å². The van der Waals surface area contributed by atoms with E-state index in [0.717, 1.165) is 20.8 Å². The molecule has 0 spiro atoms. The molecule has 0 bridgehead atoms. The summed E-state index contributed by atoms with van der Waals surface area (Å²) in [5.41, 5.74) is 3.81. The largest absolute Gasteiger partial charge is 0.463 e. The van der Waals surface area contributed by atoms with Gasteiger partial charge in [-0.05, 0) is 61.0 Å². The minimum absolute atomic E-state index is 0.0284. The fourth-order valence-electron chi connectivity index (χ4n) is 3.28. The lowest BCUT2D eigenvalue weighted by atomic mass is 10.1. The molecule has 0 saturated heterocycles. The normalized spacial score (nSPS) is 11.1. The fourth-order valence-corrected chi connectivity index (χ4v) is 4.35. The summed E-state index contributed by atoms with van der Waals surface area (Å²) in [7, 11) is 0. The highest BCUT2D eigenvalue weighted by Crippen LogP contribution is 2.31. The summed E-state index contributed by atoms with van der Waals surface area (Å²) in [5, 5.41) is 4.06. The predicted octanol–water partition coefficient (Wildman–Crippen LogP) is 5.63. The lowest BCUT2D eigenvalue weighted by molar-refractivity contribution is 0.102. The van der Waals surface area contributed by atoms with Gasteiger partial charge in [-0.2, -0.15) is 0 Å². The van der Waals surface area contributed by atoms with Gasteiger partial charge >= 0.3 is 0 Å². The molecule has 0 atom stereocenters. The first-order valence-electron chi connectivity index (χ1n) is 9.38. The number of thiazole rings is 1. The van der Waals surface area contributed by atoms with E-state index in [0.29, 0.717) is 16.7 Å². The van der Waals surface area contributed by atoms with Gasteiger partial charge in [-0.25, -0.2) is 4.98 Å². The van der Waals surface area contributed by atoms with Crippen molar-refractivity contribution in [2.24, 2.45) is 0 Å². The summed E-state index contributed by atoms with van der Waals surface area (Å²) in [6.45, 7) is 2.06. The maximum absolute atomic E-state index is 12.6. The molecular weight excluding hydrogens is 396 g/mol. The van der Waals surface area contributed by atoms with Gasteiger partial charge in [0, 0.05) is 11.3 Å². The second-order valence-corrected chi connectivity index (χ2v) is 8.03. The summed E-state index contributed by atoms with van der Waals surface area (Å²) in [6, 6.07) is 20.5. The zero-order valence-corrected chi connectivity index (χ0v) is 16.8. The van der Waals surface area contributed by atoms with Crippen LogP contribution in [0.2, 0.25) is 0 Å². The number of nitrogens with zero attached hydrogens (tertiary/aromatic N) is 1. The molecule has 3 aromatic carbocycles. The first-order valence-corrected chi connectivity index (χ1v) is 10.2. The van der Waals surface area contributed by atoms with Crippen molar-refractivity contribution in [1.82, 2.24) is 4.98 Å². The number of anilines is 1. The second kappa shape index (κ2) is 7.24. The van der Waals surface area contributed by atoms with E-state index in [2.05, 4.69) is 23.3 Å². The minimum atomic E-state index is -0.502. The van der Waals surface area contributed by atoms with Crippen LogP contribution in [0.3, 0.4) is 0 Å². The maximum Gasteiger partial charge on any atom is 0.262 e. The summed E-state index contributed by atoms with van der Waals surface area (Å²) >= 11 is 1.63. The Morgan fingerprint density at radius 1 is 1.03 bits per heavy atom. The Balaban J connectivity index is 1.40. The Morgan fingerprint density at radius 2 is 1.83 bits per heavy atom. The van der Waals surface area contributed by atoms with Crippen LogP contribution in [0.25, 0.3) is 31.8 Å². The van der Waals surface area contributed by atoms with Crippen molar-refractivity contribution >= 4 is 44.1 Å². The molecule has 5 nitrogen and oxygen atoms in total. The monoisotopic (exact) mass is 412 g/mol. The Bertz CT molecular complexity index is 1470. The molecule has 30 heavy (non-hydrogen) atoms. The standard InChI is InChI=1S/C24H16N2O3S/c1-14-6-11-19-21(12-14)30-24(26-19)15-7-9-16(10-8-15)25-23(28)18-13-29-20-5-3-2-4-17(20)22(18)27/h2-13H,1H3,(H,25,28). The van der Waals surface area contributed by atoms with Crippen LogP contribution in [0.5, 0.6) is 0 Å². The lowest BCUT2D eigenvalue weighted by Gasteiger charge is -2.06. The third kappa shape index (κ3) is 3.27. The number of nitrogens with one attached hydrogen (secondary N) is 1. The zero-order valence-electron chi connectivity index (χ0n) is 16.0. The second-order valence-electron chi connectivity index (χ2n) is 7.00. The quantitative estimate of drug-likeness (QED) is 0.417. The summed E-state index contributed by atoms with van der Waals surface area (Å²) < 4.78 is 6.57. The number of aryl methyl sites for hydroxylation is 1. The Kier molecular flexibility index (Phi) is 4.41. The lowest BCUT2D eigenvalue weighted by Crippen LogP contribution is -2.21. The van der Waals surface area contributed by atoms with Crippen molar-refractivity contribution in [3.8, 4) is 10.6 Å². The van der Waals surface area contributed by atoms with Gasteiger partial charge < -0.3 is 9.73 Å². The summed E-state index contributed by atoms with van der Waals surface area (Å²) in [5.74, 6) is -0.502. The van der Waals surface area contributed by atoms with E-state index in [9.17, 15) is 9.59 Å². The summed E-state index contributed by atoms with van der Waals surface area (Å²) in [4.78, 5) is 29.9. The molecule has 1 amide bonds. The number of carbonyl (C=O) groups excluding carboxylic acids is 1. The molecule has 5 rings (SSSR count). The Hall–Kier alpha value is -3.77. The molecular formula is C24H16N2O3S. The van der Waals surface area contributed by atoms with Crippen LogP contribution in [0.4, 0.5) is 5.69 Å². The molecule has 0 saturated carbocycles. The molecule has 0 radical (unpaired) electrons. The SMILES string of the molecule is Cc1ccc2nc(-c3ccc(NC(=O)c4coc5ccccc5c4=O)cc3)sc2c1. The number of benzene rings is 3. The van der Waals surface area contributed by atoms with Crippen molar-refractivity contribution in [1.29, 1.82) is 0 Å². The van der Waals surface area contributed by atoms with Gasteiger partial charge in [0.15, 0.2) is 0 Å². The third-order valence-corrected chi connectivity index (χ3v) is 5.93. The third-order valence-electron chi connectivity index (χ3n) is 4.86. The number of amides is 1. The molecule has 2 heterocycles. The maximum atomic E-state index is 12.6. The molecule has 0 fully saturated rings. The Morgan fingerprint density at radius 3 is 2.67 bits per heavy atom. The van der Waals surface area contributed by atoms with Crippen molar-refractivity contribution in [3.63, 3.8) is 0 Å². The van der Waals surface area contributed by atoms with E-state index < -0.39 is 5.91 Å². The van der Waals surface area contributed by atoms with Crippen LogP contribution in [-0.2, 0) is 0 Å². The van der Waals surface area contributed by atoms with E-state index in [1.54, 1.807) is 47.7 Å². The molecule has 2 aromatic heterocycles. The van der Waals surface area contributed by atoms with Gasteiger partial charge in [-0.3, -0.25) is 9.59 Å². The number of hydrogen-bond acceptors (Lipinski definition) is 5. The minimum Gasteiger partial charge on any atom is -0.463 e. The van der Waals surface area contributed by atoms with Crippen molar-refractivity contribution in [2.45, 2.75) is 6.92 Å². The van der Waals surface area contributed by atoms with Gasteiger partial charge in [0.2, 0.25) is 5.43 Å². The number of para-hydroxylation sites is 1. The number of hydrogen-bond donors (Lipinski definition) is 1. The van der Waals surface area contributed by atoms with Crippen LogP contribution in [-0.4, -0.2) is 10.9 Å². The summed E-state index contributed by atoms with van der Waals surface area (Å²) in [6.07, 6.45) is 1.21. The van der Waals surface area contributed by atoms with Gasteiger partial charge in [0.25, 0.3) is 5.91 Å². The molecule has 5 aromatic rings. The highest BCUT2D eigenvalue weighted by atomic mass is 32.1. The van der Waals surface area contributed by atoms with Gasteiger partial charge in [-0.1, -0.05) is 18.2 Å². The first kappa shape index (κ1) is 18.3. The van der Waals surface area contributed by atoms with Gasteiger partial charge in [0.1, 0.15) is 22.4 Å². The molecule has 0 aliphatic rings. The number of carbonyl (C=O) groups is 1. The zero-order chi connectivity index (χ0) is 20.7. The molecule has 0 aliphatic carbocycles. The van der Waals surface area contributed by atoms with Crippen LogP contribution >= 0.6 is 11.3 Å². The van der Waals surface area contributed by atoms with Crippen molar-refractivity contribution in [3.05, 3.63) is 94.3 Å². The van der Waals surface area contributed by atoms with E-state index in [4.69, 9.17) is 4.42 Å². The number of aromatic nitrogens is 1. The number of rotatable bonds is 3. The average molecular weight is 412 g/mol. The van der Waals surface area contributed by atoms with Gasteiger partial charge in [-0.15, -0.1) is 11.3 Å². The van der Waals surface area contributed by atoms with Crippen LogP contribution < -0.4 is 10.7 Å². The highest BCUT2D eigenvalue weighted by molar-refractivity contribution is 7.21. The van der Waals surface area contributed by atoms with E-state index in [1.807, 2.05) is 24.3 Å². The molecule has 1 N–H and O–H groups in total. The first-order chi connectivity index (χ1) is 14.6.